The number of carbonyl (C=O) groups is 1. The third-order valence-corrected chi connectivity index (χ3v) is 3.58. The molecule has 0 radical (unpaired) electrons. The highest BCUT2D eigenvalue weighted by Gasteiger charge is 2.16. The zero-order valence-corrected chi connectivity index (χ0v) is 11.4. The van der Waals surface area contributed by atoms with Gasteiger partial charge in [-0.1, -0.05) is 31.7 Å². The van der Waals surface area contributed by atoms with Crippen LogP contribution in [0.5, 0.6) is 0 Å². The van der Waals surface area contributed by atoms with Crippen molar-refractivity contribution in [2.24, 2.45) is 0 Å². The highest BCUT2D eigenvalue weighted by molar-refractivity contribution is 9.10. The van der Waals surface area contributed by atoms with Crippen molar-refractivity contribution in [1.29, 1.82) is 0 Å². The maximum Gasteiger partial charge on any atom is 0.270 e. The summed E-state index contributed by atoms with van der Waals surface area (Å²) in [6.07, 6.45) is 7.22. The van der Waals surface area contributed by atoms with E-state index in [1.165, 1.54) is 25.7 Å². The number of pyridine rings is 1. The summed E-state index contributed by atoms with van der Waals surface area (Å²) in [5.74, 6) is -0.0572. The molecular formula is C13H17BrN2O. The number of amides is 1. The highest BCUT2D eigenvalue weighted by atomic mass is 79.9. The van der Waals surface area contributed by atoms with Crippen molar-refractivity contribution in [3.8, 4) is 0 Å². The molecule has 17 heavy (non-hydrogen) atoms. The maximum absolute atomic E-state index is 12.0. The molecule has 92 valence electrons. The van der Waals surface area contributed by atoms with Gasteiger partial charge in [0.2, 0.25) is 0 Å². The second kappa shape index (κ2) is 6.15. The largest absolute Gasteiger partial charge is 0.348 e. The quantitative estimate of drug-likeness (QED) is 0.672. The third-order valence-electron chi connectivity index (χ3n) is 3.14. The molecule has 1 aromatic heterocycles. The van der Waals surface area contributed by atoms with Crippen LogP contribution in [0, 0.1) is 0 Å². The van der Waals surface area contributed by atoms with E-state index in [2.05, 4.69) is 26.2 Å². The number of halogens is 1. The Balaban J connectivity index is 1.96. The van der Waals surface area contributed by atoms with E-state index in [0.717, 1.165) is 12.8 Å². The Morgan fingerprint density at radius 1 is 1.24 bits per heavy atom. The lowest BCUT2D eigenvalue weighted by atomic mass is 10.1. The molecule has 0 bridgehead atoms. The van der Waals surface area contributed by atoms with Gasteiger partial charge >= 0.3 is 0 Å². The lowest BCUT2D eigenvalue weighted by Gasteiger charge is -2.15. The summed E-state index contributed by atoms with van der Waals surface area (Å²) in [6, 6.07) is 5.73. The average Bonchev–Trinajstić information content (AvgIpc) is 2.57. The molecule has 1 N–H and O–H groups in total. The van der Waals surface area contributed by atoms with E-state index in [1.807, 2.05) is 12.1 Å². The molecule has 3 nitrogen and oxygen atoms in total. The molecule has 0 unspecified atom stereocenters. The molecule has 1 aromatic rings. The molecule has 1 fully saturated rings. The fraction of sp³-hybridized carbons (Fsp3) is 0.538. The summed E-state index contributed by atoms with van der Waals surface area (Å²) in [7, 11) is 0. The maximum atomic E-state index is 12.0. The van der Waals surface area contributed by atoms with Crippen molar-refractivity contribution >= 4 is 21.8 Å². The predicted molar refractivity (Wildman–Crippen MR) is 70.9 cm³/mol. The zero-order valence-electron chi connectivity index (χ0n) is 9.79. The lowest BCUT2D eigenvalue weighted by molar-refractivity contribution is 0.0928. The molecule has 0 aromatic carbocycles. The van der Waals surface area contributed by atoms with Gasteiger partial charge in [-0.3, -0.25) is 4.79 Å². The van der Waals surface area contributed by atoms with Crippen molar-refractivity contribution in [1.82, 2.24) is 10.3 Å². The number of aromatic nitrogens is 1. The van der Waals surface area contributed by atoms with Crippen LogP contribution in [0.25, 0.3) is 0 Å². The van der Waals surface area contributed by atoms with Crippen LogP contribution < -0.4 is 5.32 Å². The SMILES string of the molecule is O=C(NC1CCCCCC1)c1cccc(Br)n1. The number of nitrogens with one attached hydrogen (secondary N) is 1. The first-order chi connectivity index (χ1) is 8.25. The highest BCUT2D eigenvalue weighted by Crippen LogP contribution is 2.17. The van der Waals surface area contributed by atoms with Gasteiger partial charge in [0.15, 0.2) is 0 Å². The summed E-state index contributed by atoms with van der Waals surface area (Å²) in [5.41, 5.74) is 0.489. The van der Waals surface area contributed by atoms with Crippen LogP contribution in [-0.4, -0.2) is 16.9 Å². The predicted octanol–water partition coefficient (Wildman–Crippen LogP) is 3.30. The number of carbonyl (C=O) groups excluding carboxylic acids is 1. The minimum Gasteiger partial charge on any atom is -0.348 e. The van der Waals surface area contributed by atoms with Crippen LogP contribution >= 0.6 is 15.9 Å². The van der Waals surface area contributed by atoms with E-state index >= 15 is 0 Å². The minimum atomic E-state index is -0.0572. The zero-order chi connectivity index (χ0) is 12.1. The van der Waals surface area contributed by atoms with Crippen molar-refractivity contribution in [2.75, 3.05) is 0 Å². The summed E-state index contributed by atoms with van der Waals surface area (Å²) in [5, 5.41) is 3.08. The Morgan fingerprint density at radius 3 is 2.59 bits per heavy atom. The van der Waals surface area contributed by atoms with Crippen molar-refractivity contribution < 1.29 is 4.79 Å². The fourth-order valence-electron chi connectivity index (χ4n) is 2.22. The monoisotopic (exact) mass is 296 g/mol. The summed E-state index contributed by atoms with van der Waals surface area (Å²) in [6.45, 7) is 0. The molecule has 1 amide bonds. The molecule has 4 heteroatoms. The van der Waals surface area contributed by atoms with Crippen molar-refractivity contribution in [2.45, 2.75) is 44.6 Å². The standard InChI is InChI=1S/C13H17BrN2O/c14-12-9-5-8-11(16-12)13(17)15-10-6-3-1-2-4-7-10/h5,8-10H,1-4,6-7H2,(H,15,17). The summed E-state index contributed by atoms with van der Waals surface area (Å²) in [4.78, 5) is 16.1. The lowest BCUT2D eigenvalue weighted by Crippen LogP contribution is -2.34. The first-order valence-corrected chi connectivity index (χ1v) is 6.98. The van der Waals surface area contributed by atoms with E-state index in [0.29, 0.717) is 16.3 Å². The number of rotatable bonds is 2. The Labute approximate surface area is 110 Å². The van der Waals surface area contributed by atoms with Crippen LogP contribution in [0.4, 0.5) is 0 Å². The number of hydrogen-bond acceptors (Lipinski definition) is 2. The smallest absolute Gasteiger partial charge is 0.270 e. The fourth-order valence-corrected chi connectivity index (χ4v) is 2.56. The molecule has 1 aliphatic carbocycles. The topological polar surface area (TPSA) is 42.0 Å². The molecule has 2 rings (SSSR count). The van der Waals surface area contributed by atoms with Crippen LogP contribution in [0.3, 0.4) is 0 Å². The van der Waals surface area contributed by atoms with Gasteiger partial charge in [0.25, 0.3) is 5.91 Å². The second-order valence-electron chi connectivity index (χ2n) is 4.51. The molecule has 1 aliphatic rings. The number of nitrogens with zero attached hydrogens (tertiary/aromatic N) is 1. The van der Waals surface area contributed by atoms with E-state index in [4.69, 9.17) is 0 Å². The second-order valence-corrected chi connectivity index (χ2v) is 5.32. The Hall–Kier alpha value is -0.900. The molecule has 1 saturated carbocycles. The van der Waals surface area contributed by atoms with E-state index in [-0.39, 0.29) is 5.91 Å². The van der Waals surface area contributed by atoms with Gasteiger partial charge in [0.05, 0.1) is 0 Å². The van der Waals surface area contributed by atoms with Crippen LogP contribution in [-0.2, 0) is 0 Å². The summed E-state index contributed by atoms with van der Waals surface area (Å²) >= 11 is 3.28. The normalized spacial score (nSPS) is 17.5. The molecule has 0 aliphatic heterocycles. The Morgan fingerprint density at radius 2 is 1.94 bits per heavy atom. The van der Waals surface area contributed by atoms with Crippen molar-refractivity contribution in [3.63, 3.8) is 0 Å². The van der Waals surface area contributed by atoms with Gasteiger partial charge in [-0.15, -0.1) is 0 Å². The number of hydrogen-bond donors (Lipinski definition) is 1. The van der Waals surface area contributed by atoms with Gasteiger partial charge < -0.3 is 5.32 Å². The first-order valence-electron chi connectivity index (χ1n) is 6.19. The van der Waals surface area contributed by atoms with E-state index in [9.17, 15) is 4.79 Å². The van der Waals surface area contributed by atoms with Crippen molar-refractivity contribution in [3.05, 3.63) is 28.5 Å². The van der Waals surface area contributed by atoms with Gasteiger partial charge in [-0.05, 0) is 40.9 Å². The van der Waals surface area contributed by atoms with Crippen LogP contribution in [0.1, 0.15) is 49.0 Å². The van der Waals surface area contributed by atoms with E-state index < -0.39 is 0 Å². The molecular weight excluding hydrogens is 280 g/mol. The average molecular weight is 297 g/mol. The van der Waals surface area contributed by atoms with Crippen LogP contribution in [0.15, 0.2) is 22.8 Å². The third kappa shape index (κ3) is 3.80. The van der Waals surface area contributed by atoms with Gasteiger partial charge in [0.1, 0.15) is 10.3 Å². The Kier molecular flexibility index (Phi) is 4.54. The van der Waals surface area contributed by atoms with Crippen LogP contribution in [0.2, 0.25) is 0 Å². The Bertz CT molecular complexity index is 387. The van der Waals surface area contributed by atoms with Gasteiger partial charge in [-0.2, -0.15) is 0 Å². The summed E-state index contributed by atoms with van der Waals surface area (Å²) < 4.78 is 0.700. The van der Waals surface area contributed by atoms with Gasteiger partial charge in [0, 0.05) is 6.04 Å². The molecule has 0 spiro atoms. The van der Waals surface area contributed by atoms with Gasteiger partial charge in [-0.25, -0.2) is 4.98 Å². The van der Waals surface area contributed by atoms with E-state index in [1.54, 1.807) is 6.07 Å². The first kappa shape index (κ1) is 12.6. The minimum absolute atomic E-state index is 0.0572. The molecule has 1 heterocycles. The molecule has 0 saturated heterocycles. The molecule has 0 atom stereocenters.